The molecule has 0 radical (unpaired) electrons. The number of hydrogen-bond donors (Lipinski definition) is 2. The summed E-state index contributed by atoms with van der Waals surface area (Å²) in [6.07, 6.45) is 2.18. The van der Waals surface area contributed by atoms with Gasteiger partial charge in [0.2, 0.25) is 21.8 Å². The number of amides is 2. The summed E-state index contributed by atoms with van der Waals surface area (Å²) in [5.41, 5.74) is 2.75. The molecule has 0 fully saturated rings. The lowest BCUT2D eigenvalue weighted by Gasteiger charge is -2.24. The molecule has 2 N–H and O–H groups in total. The molecule has 2 atom stereocenters. The second-order valence-electron chi connectivity index (χ2n) is 8.99. The van der Waals surface area contributed by atoms with Crippen LogP contribution in [-0.2, 0) is 32.5 Å². The minimum atomic E-state index is -3.91. The minimum absolute atomic E-state index is 0.0691. The first kappa shape index (κ1) is 24.9. The Hall–Kier alpha value is -2.71. The molecule has 0 saturated carbocycles. The van der Waals surface area contributed by atoms with Crippen LogP contribution in [0.15, 0.2) is 53.4 Å². The van der Waals surface area contributed by atoms with E-state index in [9.17, 15) is 18.0 Å². The van der Waals surface area contributed by atoms with Crippen molar-refractivity contribution >= 4 is 27.5 Å². The van der Waals surface area contributed by atoms with Crippen molar-refractivity contribution in [1.82, 2.24) is 10.0 Å². The number of hydrogen-bond acceptors (Lipinski definition) is 4. The van der Waals surface area contributed by atoms with Gasteiger partial charge < -0.3 is 10.2 Å². The number of anilines is 1. The maximum Gasteiger partial charge on any atom is 0.241 e. The smallest absolute Gasteiger partial charge is 0.241 e. The van der Waals surface area contributed by atoms with Crippen LogP contribution in [0.25, 0.3) is 0 Å². The van der Waals surface area contributed by atoms with E-state index >= 15 is 0 Å². The molecule has 2 aromatic rings. The van der Waals surface area contributed by atoms with E-state index in [1.54, 1.807) is 17.0 Å². The van der Waals surface area contributed by atoms with Crippen molar-refractivity contribution in [3.05, 3.63) is 59.7 Å². The predicted molar refractivity (Wildman–Crippen MR) is 129 cm³/mol. The second kappa shape index (κ2) is 10.5. The summed E-state index contributed by atoms with van der Waals surface area (Å²) < 4.78 is 28.8. The normalized spacial score (nSPS) is 15.2. The highest BCUT2D eigenvalue weighted by Crippen LogP contribution is 2.30. The molecule has 8 heteroatoms. The van der Waals surface area contributed by atoms with Gasteiger partial charge in [0.1, 0.15) is 6.04 Å². The molecule has 1 heterocycles. The maximum absolute atomic E-state index is 13.1. The van der Waals surface area contributed by atoms with Gasteiger partial charge in [-0.25, -0.2) is 8.42 Å². The first-order valence-electron chi connectivity index (χ1n) is 11.4. The molecule has 3 rings (SSSR count). The Balaban J connectivity index is 1.67. The van der Waals surface area contributed by atoms with Crippen LogP contribution in [0.4, 0.5) is 5.69 Å². The number of sulfonamides is 1. The molecular weight excluding hydrogens is 438 g/mol. The van der Waals surface area contributed by atoms with Gasteiger partial charge in [-0.3, -0.25) is 9.59 Å². The lowest BCUT2D eigenvalue weighted by molar-refractivity contribution is -0.124. The molecule has 0 unspecified atom stereocenters. The first-order chi connectivity index (χ1) is 15.6. The highest BCUT2D eigenvalue weighted by atomic mass is 32.2. The Bertz CT molecular complexity index is 1100. The zero-order valence-corrected chi connectivity index (χ0v) is 20.5. The van der Waals surface area contributed by atoms with Crippen LogP contribution >= 0.6 is 0 Å². The van der Waals surface area contributed by atoms with Gasteiger partial charge in [-0.05, 0) is 61.4 Å². The number of carbonyl (C=O) groups excluding carboxylic acids is 2. The highest BCUT2D eigenvalue weighted by Gasteiger charge is 2.30. The number of nitrogens with one attached hydrogen (secondary N) is 2. The van der Waals surface area contributed by atoms with Crippen LogP contribution in [0.3, 0.4) is 0 Å². The molecule has 33 heavy (non-hydrogen) atoms. The van der Waals surface area contributed by atoms with E-state index < -0.39 is 16.1 Å². The van der Waals surface area contributed by atoms with Gasteiger partial charge in [0.25, 0.3) is 0 Å². The summed E-state index contributed by atoms with van der Waals surface area (Å²) in [6.45, 7) is 7.59. The van der Waals surface area contributed by atoms with E-state index in [1.165, 1.54) is 18.6 Å². The van der Waals surface area contributed by atoms with Crippen LogP contribution < -0.4 is 14.9 Å². The standard InChI is InChI=1S/C25H33N3O4S/c1-17(2)24(25(30)26-18(3)10-11-20-8-6-5-7-9-20)27-33(31,32)22-12-13-23-21(16-22)14-15-28(23)19(4)29/h5-9,12-13,16-18,24,27H,10-11,14-15H2,1-4H3,(H,26,30)/t18-,24+/m0/s1. The zero-order chi connectivity index (χ0) is 24.2. The van der Waals surface area contributed by atoms with Crippen molar-refractivity contribution in [2.24, 2.45) is 5.92 Å². The van der Waals surface area contributed by atoms with E-state index in [2.05, 4.69) is 10.0 Å². The summed E-state index contributed by atoms with van der Waals surface area (Å²) >= 11 is 0. The van der Waals surface area contributed by atoms with Crippen LogP contribution in [0.5, 0.6) is 0 Å². The number of benzene rings is 2. The van der Waals surface area contributed by atoms with Gasteiger partial charge >= 0.3 is 0 Å². The largest absolute Gasteiger partial charge is 0.352 e. The maximum atomic E-state index is 13.1. The second-order valence-corrected chi connectivity index (χ2v) is 10.7. The van der Waals surface area contributed by atoms with Crippen LogP contribution in [0.1, 0.15) is 45.2 Å². The quantitative estimate of drug-likeness (QED) is 0.588. The zero-order valence-electron chi connectivity index (χ0n) is 19.7. The van der Waals surface area contributed by atoms with E-state index in [-0.39, 0.29) is 28.7 Å². The molecule has 0 saturated heterocycles. The fraction of sp³-hybridized carbons (Fsp3) is 0.440. The third kappa shape index (κ3) is 6.21. The van der Waals surface area contributed by atoms with Gasteiger partial charge in [0.15, 0.2) is 0 Å². The summed E-state index contributed by atoms with van der Waals surface area (Å²) in [7, 11) is -3.91. The van der Waals surface area contributed by atoms with Gasteiger partial charge in [-0.2, -0.15) is 4.72 Å². The van der Waals surface area contributed by atoms with Crippen molar-refractivity contribution in [2.45, 2.75) is 63.9 Å². The SMILES string of the molecule is CC(=O)N1CCc2cc(S(=O)(=O)N[C@@H](C(=O)N[C@@H](C)CCc3ccccc3)C(C)C)ccc21. The summed E-state index contributed by atoms with van der Waals surface area (Å²) in [6, 6.07) is 13.8. The molecule has 2 aromatic carbocycles. The van der Waals surface area contributed by atoms with E-state index in [0.717, 1.165) is 24.1 Å². The minimum Gasteiger partial charge on any atom is -0.352 e. The van der Waals surface area contributed by atoms with Crippen molar-refractivity contribution in [2.75, 3.05) is 11.4 Å². The number of rotatable bonds is 9. The van der Waals surface area contributed by atoms with Crippen LogP contribution in [0.2, 0.25) is 0 Å². The molecule has 178 valence electrons. The molecule has 1 aliphatic rings. The predicted octanol–water partition coefficient (Wildman–Crippen LogP) is 3.04. The fourth-order valence-corrected chi connectivity index (χ4v) is 5.43. The molecule has 0 bridgehead atoms. The Morgan fingerprint density at radius 2 is 1.76 bits per heavy atom. The number of fused-ring (bicyclic) bond motifs is 1. The summed E-state index contributed by atoms with van der Waals surface area (Å²) in [5, 5.41) is 2.96. The highest BCUT2D eigenvalue weighted by molar-refractivity contribution is 7.89. The first-order valence-corrected chi connectivity index (χ1v) is 12.8. The average Bonchev–Trinajstić information content (AvgIpc) is 3.20. The molecule has 1 aliphatic heterocycles. The van der Waals surface area contributed by atoms with Crippen LogP contribution in [-0.4, -0.2) is 38.9 Å². The number of carbonyl (C=O) groups is 2. The molecule has 2 amide bonds. The molecule has 0 spiro atoms. The fourth-order valence-electron chi connectivity index (χ4n) is 4.03. The third-order valence-electron chi connectivity index (χ3n) is 5.97. The Kier molecular flexibility index (Phi) is 7.92. The van der Waals surface area contributed by atoms with Gasteiger partial charge in [0.05, 0.1) is 4.90 Å². The lowest BCUT2D eigenvalue weighted by atomic mass is 10.0. The number of nitrogens with zero attached hydrogens (tertiary/aromatic N) is 1. The third-order valence-corrected chi connectivity index (χ3v) is 7.40. The Morgan fingerprint density at radius 3 is 2.39 bits per heavy atom. The molecule has 0 aromatic heterocycles. The van der Waals surface area contributed by atoms with Gasteiger partial charge in [-0.15, -0.1) is 0 Å². The van der Waals surface area contributed by atoms with Crippen molar-refractivity contribution in [3.8, 4) is 0 Å². The molecule has 0 aliphatic carbocycles. The van der Waals surface area contributed by atoms with Gasteiger partial charge in [-0.1, -0.05) is 44.2 Å². The van der Waals surface area contributed by atoms with Gasteiger partial charge in [0, 0.05) is 25.2 Å². The average molecular weight is 472 g/mol. The number of aryl methyl sites for hydroxylation is 1. The van der Waals surface area contributed by atoms with Crippen molar-refractivity contribution < 1.29 is 18.0 Å². The van der Waals surface area contributed by atoms with E-state index in [0.29, 0.717) is 13.0 Å². The Labute approximate surface area is 196 Å². The molecular formula is C25H33N3O4S. The van der Waals surface area contributed by atoms with Crippen molar-refractivity contribution in [1.29, 1.82) is 0 Å². The lowest BCUT2D eigenvalue weighted by Crippen LogP contribution is -2.51. The van der Waals surface area contributed by atoms with Crippen LogP contribution in [0, 0.1) is 5.92 Å². The summed E-state index contributed by atoms with van der Waals surface area (Å²) in [5.74, 6) is -0.637. The summed E-state index contributed by atoms with van der Waals surface area (Å²) in [4.78, 5) is 26.4. The molecule has 7 nitrogen and oxygen atoms in total. The van der Waals surface area contributed by atoms with Crippen molar-refractivity contribution in [3.63, 3.8) is 0 Å². The monoisotopic (exact) mass is 471 g/mol. The van der Waals surface area contributed by atoms with E-state index in [4.69, 9.17) is 0 Å². The van der Waals surface area contributed by atoms with E-state index in [1.807, 2.05) is 51.1 Å². The topological polar surface area (TPSA) is 95.6 Å². The Morgan fingerprint density at radius 1 is 1.06 bits per heavy atom.